The predicted molar refractivity (Wildman–Crippen MR) is 57.6 cm³/mol. The predicted octanol–water partition coefficient (Wildman–Crippen LogP) is 1.74. The van der Waals surface area contributed by atoms with Crippen molar-refractivity contribution in [1.82, 2.24) is 9.97 Å². The van der Waals surface area contributed by atoms with Gasteiger partial charge < -0.3 is 10.5 Å². The molecule has 86 valence electrons. The molecule has 0 aliphatic carbocycles. The highest BCUT2D eigenvalue weighted by atomic mass is 19.1. The SMILES string of the molecule is NC(=O)Oc1cncc(-c2ccc(F)cc2)n1. The Morgan fingerprint density at radius 2 is 1.94 bits per heavy atom. The average molecular weight is 233 g/mol. The minimum absolute atomic E-state index is 0.000625. The first-order valence-electron chi connectivity index (χ1n) is 4.70. The molecule has 0 saturated heterocycles. The summed E-state index contributed by atoms with van der Waals surface area (Å²) in [5.74, 6) is -0.342. The molecule has 1 aromatic heterocycles. The Morgan fingerprint density at radius 3 is 2.59 bits per heavy atom. The number of amides is 1. The van der Waals surface area contributed by atoms with Crippen LogP contribution in [0, 0.1) is 5.82 Å². The van der Waals surface area contributed by atoms with Gasteiger partial charge in [0.1, 0.15) is 5.82 Å². The van der Waals surface area contributed by atoms with Gasteiger partial charge in [-0.2, -0.15) is 0 Å². The van der Waals surface area contributed by atoms with E-state index < -0.39 is 6.09 Å². The number of primary amides is 1. The molecule has 2 aromatic rings. The standard InChI is InChI=1S/C11H8FN3O2/c12-8-3-1-7(2-4-8)9-5-14-6-10(15-9)17-11(13)16/h1-6H,(H2,13,16). The van der Waals surface area contributed by atoms with Gasteiger partial charge in [0.2, 0.25) is 5.88 Å². The van der Waals surface area contributed by atoms with Gasteiger partial charge in [-0.25, -0.2) is 14.2 Å². The Hall–Kier alpha value is -2.50. The van der Waals surface area contributed by atoms with Crippen LogP contribution in [0.5, 0.6) is 5.88 Å². The highest BCUT2D eigenvalue weighted by Crippen LogP contribution is 2.18. The summed E-state index contributed by atoms with van der Waals surface area (Å²) >= 11 is 0. The Balaban J connectivity index is 2.32. The van der Waals surface area contributed by atoms with Crippen molar-refractivity contribution >= 4 is 6.09 Å². The van der Waals surface area contributed by atoms with Crippen LogP contribution < -0.4 is 10.5 Å². The van der Waals surface area contributed by atoms with E-state index in [1.807, 2.05) is 0 Å². The Morgan fingerprint density at radius 1 is 1.24 bits per heavy atom. The van der Waals surface area contributed by atoms with Gasteiger partial charge in [-0.15, -0.1) is 0 Å². The lowest BCUT2D eigenvalue weighted by Crippen LogP contribution is -2.17. The third-order valence-electron chi connectivity index (χ3n) is 1.96. The molecule has 0 atom stereocenters. The molecule has 0 unspecified atom stereocenters. The van der Waals surface area contributed by atoms with Gasteiger partial charge in [0.25, 0.3) is 0 Å². The third-order valence-corrected chi connectivity index (χ3v) is 1.96. The van der Waals surface area contributed by atoms with Crippen LogP contribution in [0.25, 0.3) is 11.3 Å². The number of carbonyl (C=O) groups excluding carboxylic acids is 1. The number of carbonyl (C=O) groups is 1. The van der Waals surface area contributed by atoms with Gasteiger partial charge in [-0.05, 0) is 24.3 Å². The second-order valence-electron chi connectivity index (χ2n) is 3.17. The summed E-state index contributed by atoms with van der Waals surface area (Å²) in [6.45, 7) is 0. The van der Waals surface area contributed by atoms with Crippen LogP contribution in [-0.4, -0.2) is 16.1 Å². The minimum Gasteiger partial charge on any atom is -0.390 e. The van der Waals surface area contributed by atoms with Crippen molar-refractivity contribution in [2.24, 2.45) is 5.73 Å². The number of ether oxygens (including phenoxy) is 1. The van der Waals surface area contributed by atoms with E-state index in [1.165, 1.54) is 24.5 Å². The lowest BCUT2D eigenvalue weighted by atomic mass is 10.2. The lowest BCUT2D eigenvalue weighted by Gasteiger charge is -2.03. The number of hydrogen-bond donors (Lipinski definition) is 1. The lowest BCUT2D eigenvalue weighted by molar-refractivity contribution is 0.209. The van der Waals surface area contributed by atoms with E-state index in [1.54, 1.807) is 12.1 Å². The van der Waals surface area contributed by atoms with E-state index >= 15 is 0 Å². The fraction of sp³-hybridized carbons (Fsp3) is 0. The molecule has 2 N–H and O–H groups in total. The Bertz CT molecular complexity index is 543. The second-order valence-corrected chi connectivity index (χ2v) is 3.17. The fourth-order valence-corrected chi connectivity index (χ4v) is 1.26. The van der Waals surface area contributed by atoms with Gasteiger partial charge in [0.15, 0.2) is 0 Å². The molecule has 17 heavy (non-hydrogen) atoms. The van der Waals surface area contributed by atoms with Crippen LogP contribution in [0.15, 0.2) is 36.7 Å². The van der Waals surface area contributed by atoms with Crippen molar-refractivity contribution in [3.05, 3.63) is 42.5 Å². The van der Waals surface area contributed by atoms with Gasteiger partial charge >= 0.3 is 6.09 Å². The zero-order chi connectivity index (χ0) is 12.3. The number of hydrogen-bond acceptors (Lipinski definition) is 4. The van der Waals surface area contributed by atoms with E-state index in [0.717, 1.165) is 0 Å². The molecule has 0 radical (unpaired) electrons. The molecule has 1 heterocycles. The van der Waals surface area contributed by atoms with E-state index in [4.69, 9.17) is 5.73 Å². The first-order valence-corrected chi connectivity index (χ1v) is 4.70. The topological polar surface area (TPSA) is 78.1 Å². The van der Waals surface area contributed by atoms with Crippen molar-refractivity contribution in [1.29, 1.82) is 0 Å². The first kappa shape index (κ1) is 11.0. The quantitative estimate of drug-likeness (QED) is 0.856. The summed E-state index contributed by atoms with van der Waals surface area (Å²) in [5.41, 5.74) is 5.98. The van der Waals surface area contributed by atoms with Crippen molar-refractivity contribution in [2.45, 2.75) is 0 Å². The smallest absolute Gasteiger partial charge is 0.390 e. The molecular weight excluding hydrogens is 225 g/mol. The van der Waals surface area contributed by atoms with E-state index in [0.29, 0.717) is 11.3 Å². The summed E-state index contributed by atoms with van der Waals surface area (Å²) < 4.78 is 17.3. The molecule has 1 aromatic carbocycles. The maximum absolute atomic E-state index is 12.7. The van der Waals surface area contributed by atoms with Crippen molar-refractivity contribution < 1.29 is 13.9 Å². The monoisotopic (exact) mass is 233 g/mol. The third kappa shape index (κ3) is 2.75. The van der Waals surface area contributed by atoms with Gasteiger partial charge in [-0.3, -0.25) is 4.98 Å². The number of benzene rings is 1. The van der Waals surface area contributed by atoms with E-state index in [2.05, 4.69) is 14.7 Å². The number of aromatic nitrogens is 2. The molecular formula is C11H8FN3O2. The van der Waals surface area contributed by atoms with E-state index in [-0.39, 0.29) is 11.7 Å². The first-order chi connectivity index (χ1) is 8.15. The van der Waals surface area contributed by atoms with E-state index in [9.17, 15) is 9.18 Å². The highest BCUT2D eigenvalue weighted by Gasteiger charge is 2.05. The van der Waals surface area contributed by atoms with Crippen LogP contribution in [-0.2, 0) is 0 Å². The number of nitrogens with zero attached hydrogens (tertiary/aromatic N) is 2. The highest BCUT2D eigenvalue weighted by molar-refractivity contribution is 5.67. The van der Waals surface area contributed by atoms with Crippen LogP contribution in [0.2, 0.25) is 0 Å². The Kier molecular flexibility index (Phi) is 2.95. The molecule has 0 fully saturated rings. The fourth-order valence-electron chi connectivity index (χ4n) is 1.26. The van der Waals surface area contributed by atoms with Gasteiger partial charge in [0.05, 0.1) is 18.1 Å². The minimum atomic E-state index is -0.962. The zero-order valence-electron chi connectivity index (χ0n) is 8.63. The second kappa shape index (κ2) is 4.56. The summed E-state index contributed by atoms with van der Waals surface area (Å²) in [4.78, 5) is 18.4. The van der Waals surface area contributed by atoms with Crippen molar-refractivity contribution in [2.75, 3.05) is 0 Å². The van der Waals surface area contributed by atoms with Crippen molar-refractivity contribution in [3.63, 3.8) is 0 Å². The van der Waals surface area contributed by atoms with Crippen LogP contribution in [0.1, 0.15) is 0 Å². The molecule has 5 nitrogen and oxygen atoms in total. The van der Waals surface area contributed by atoms with Gasteiger partial charge in [0, 0.05) is 5.56 Å². The zero-order valence-corrected chi connectivity index (χ0v) is 8.63. The molecule has 6 heteroatoms. The molecule has 0 aliphatic heterocycles. The molecule has 0 bridgehead atoms. The van der Waals surface area contributed by atoms with Crippen molar-refractivity contribution in [3.8, 4) is 17.1 Å². The summed E-state index contributed by atoms with van der Waals surface area (Å²) in [6, 6.07) is 5.71. The molecule has 0 aliphatic rings. The maximum atomic E-state index is 12.7. The number of halogens is 1. The molecule has 1 amide bonds. The number of nitrogens with two attached hydrogens (primary N) is 1. The molecule has 2 rings (SSSR count). The molecule has 0 saturated carbocycles. The molecule has 0 spiro atoms. The van der Waals surface area contributed by atoms with Gasteiger partial charge in [-0.1, -0.05) is 0 Å². The Labute approximate surface area is 96.1 Å². The normalized spacial score (nSPS) is 9.94. The van der Waals surface area contributed by atoms with Crippen LogP contribution >= 0.6 is 0 Å². The average Bonchev–Trinajstić information content (AvgIpc) is 2.29. The van der Waals surface area contributed by atoms with Crippen LogP contribution in [0.4, 0.5) is 9.18 Å². The summed E-state index contributed by atoms with van der Waals surface area (Å²) in [5, 5.41) is 0. The largest absolute Gasteiger partial charge is 0.411 e. The summed E-state index contributed by atoms with van der Waals surface area (Å²) in [7, 11) is 0. The maximum Gasteiger partial charge on any atom is 0.411 e. The summed E-state index contributed by atoms with van der Waals surface area (Å²) in [6.07, 6.45) is 1.77. The van der Waals surface area contributed by atoms with Crippen LogP contribution in [0.3, 0.4) is 0 Å². The number of rotatable bonds is 2.